The smallest absolute Gasteiger partial charge is 0.331 e. The number of hydrogen-bond donors (Lipinski definition) is 1. The molecule has 1 fully saturated rings. The van der Waals surface area contributed by atoms with Gasteiger partial charge in [-0.3, -0.25) is 15.1 Å². The van der Waals surface area contributed by atoms with Gasteiger partial charge >= 0.3 is 6.03 Å². The largest absolute Gasteiger partial charge is 0.383 e. The fourth-order valence-corrected chi connectivity index (χ4v) is 4.10. The third-order valence-electron chi connectivity index (χ3n) is 5.76. The number of carbonyl (C=O) groups is 1. The lowest BCUT2D eigenvalue weighted by atomic mass is 10.1. The Morgan fingerprint density at radius 1 is 1.16 bits per heavy atom. The minimum atomic E-state index is -0.563. The van der Waals surface area contributed by atoms with Gasteiger partial charge in [0.05, 0.1) is 6.61 Å². The number of fused-ring (bicyclic) bond motifs is 1. The summed E-state index contributed by atoms with van der Waals surface area (Å²) in [5.41, 5.74) is 0.577. The molecule has 2 amide bonds. The first kappa shape index (κ1) is 22.3. The molecule has 1 saturated heterocycles. The Hall–Kier alpha value is -2.92. The topological polar surface area (TPSA) is 66.9 Å². The van der Waals surface area contributed by atoms with Crippen LogP contribution in [0.1, 0.15) is 5.56 Å². The van der Waals surface area contributed by atoms with Crippen molar-refractivity contribution >= 4 is 17.7 Å². The highest BCUT2D eigenvalue weighted by Gasteiger charge is 2.33. The van der Waals surface area contributed by atoms with Gasteiger partial charge in [-0.2, -0.15) is 4.99 Å². The summed E-state index contributed by atoms with van der Waals surface area (Å²) < 4.78 is 34.7. The van der Waals surface area contributed by atoms with Crippen molar-refractivity contribution in [2.24, 2.45) is 4.99 Å². The maximum Gasteiger partial charge on any atom is 0.331 e. The molecule has 0 aliphatic carbocycles. The summed E-state index contributed by atoms with van der Waals surface area (Å²) in [6, 6.07) is 2.57. The van der Waals surface area contributed by atoms with Crippen molar-refractivity contribution in [1.29, 1.82) is 0 Å². The summed E-state index contributed by atoms with van der Waals surface area (Å²) in [7, 11) is 5.38. The summed E-state index contributed by atoms with van der Waals surface area (Å²) in [5, 5.41) is 2.81. The van der Waals surface area contributed by atoms with Gasteiger partial charge in [-0.25, -0.2) is 13.6 Å². The molecule has 1 N–H and O–H groups in total. The van der Waals surface area contributed by atoms with Crippen LogP contribution in [0.3, 0.4) is 0 Å². The van der Waals surface area contributed by atoms with E-state index in [0.717, 1.165) is 0 Å². The van der Waals surface area contributed by atoms with Gasteiger partial charge in [-0.15, -0.1) is 0 Å². The molecule has 0 aromatic heterocycles. The lowest BCUT2D eigenvalue weighted by Crippen LogP contribution is -2.57. The summed E-state index contributed by atoms with van der Waals surface area (Å²) in [5.74, 6) is -0.0574. The van der Waals surface area contributed by atoms with Gasteiger partial charge in [0.15, 0.2) is 5.82 Å². The molecule has 3 aliphatic heterocycles. The molecule has 0 saturated carbocycles. The predicted molar refractivity (Wildman–Crippen MR) is 117 cm³/mol. The van der Waals surface area contributed by atoms with Gasteiger partial charge in [0.1, 0.15) is 24.0 Å². The van der Waals surface area contributed by atoms with Crippen molar-refractivity contribution in [2.75, 3.05) is 72.1 Å². The van der Waals surface area contributed by atoms with Crippen molar-refractivity contribution in [3.63, 3.8) is 0 Å². The molecule has 1 aromatic rings. The number of carbonyl (C=O) groups excluding carboxylic acids is 1. The summed E-state index contributed by atoms with van der Waals surface area (Å²) in [4.78, 5) is 25.9. The van der Waals surface area contributed by atoms with Crippen molar-refractivity contribution in [3.8, 4) is 0 Å². The Balaban J connectivity index is 1.40. The second-order valence-electron chi connectivity index (χ2n) is 8.29. The Kier molecular flexibility index (Phi) is 6.47. The van der Waals surface area contributed by atoms with Crippen LogP contribution < -0.4 is 10.2 Å². The summed E-state index contributed by atoms with van der Waals surface area (Å²) in [6.07, 6.45) is 1.81. The summed E-state index contributed by atoms with van der Waals surface area (Å²) >= 11 is 0. The number of nitrogens with zero attached hydrogens (tertiary/aromatic N) is 6. The molecule has 3 aliphatic rings. The number of guanidine groups is 1. The molecule has 4 rings (SSSR count). The first-order valence-electron chi connectivity index (χ1n) is 10.6. The van der Waals surface area contributed by atoms with E-state index in [9.17, 15) is 13.6 Å². The van der Waals surface area contributed by atoms with E-state index in [-0.39, 0.29) is 11.7 Å². The van der Waals surface area contributed by atoms with E-state index < -0.39 is 11.6 Å². The van der Waals surface area contributed by atoms with E-state index >= 15 is 0 Å². The van der Waals surface area contributed by atoms with Gasteiger partial charge < -0.3 is 19.4 Å². The van der Waals surface area contributed by atoms with Gasteiger partial charge in [0.2, 0.25) is 5.96 Å². The molecular weight excluding hydrogens is 420 g/mol. The highest BCUT2D eigenvalue weighted by atomic mass is 19.1. The number of amides is 2. The Labute approximate surface area is 186 Å². The molecule has 1 aromatic carbocycles. The van der Waals surface area contributed by atoms with Crippen molar-refractivity contribution in [3.05, 3.63) is 41.4 Å². The minimum absolute atomic E-state index is 0.00568. The van der Waals surface area contributed by atoms with Crippen molar-refractivity contribution in [1.82, 2.24) is 24.9 Å². The predicted octanol–water partition coefficient (Wildman–Crippen LogP) is 1.25. The van der Waals surface area contributed by atoms with E-state index in [0.29, 0.717) is 69.9 Å². The number of hydrogen-bond acceptors (Lipinski definition) is 7. The van der Waals surface area contributed by atoms with Crippen LogP contribution in [0.25, 0.3) is 0 Å². The van der Waals surface area contributed by atoms with Crippen LogP contribution in [-0.2, 0) is 11.3 Å². The molecule has 32 heavy (non-hydrogen) atoms. The number of benzene rings is 1. The second-order valence-corrected chi connectivity index (χ2v) is 8.29. The zero-order valence-corrected chi connectivity index (χ0v) is 18.6. The minimum Gasteiger partial charge on any atom is -0.383 e. The summed E-state index contributed by atoms with van der Waals surface area (Å²) in [6.45, 7) is 3.94. The molecule has 174 valence electrons. The zero-order valence-electron chi connectivity index (χ0n) is 18.6. The Morgan fingerprint density at radius 3 is 2.47 bits per heavy atom. The van der Waals surface area contributed by atoms with Crippen LogP contribution in [0.15, 0.2) is 29.1 Å². The fourth-order valence-electron chi connectivity index (χ4n) is 4.10. The third kappa shape index (κ3) is 4.63. The van der Waals surface area contributed by atoms with Crippen LogP contribution in [0, 0.1) is 11.6 Å². The molecule has 0 radical (unpaired) electrons. The number of aliphatic imine (C=N–C) groups is 1. The molecule has 9 nitrogen and oxygen atoms in total. The number of nitrogens with one attached hydrogen (secondary N) is 1. The zero-order chi connectivity index (χ0) is 22.8. The first-order chi connectivity index (χ1) is 15.4. The van der Waals surface area contributed by atoms with E-state index in [1.54, 1.807) is 16.9 Å². The number of piperazine rings is 1. The Bertz CT molecular complexity index is 908. The number of anilines is 1. The number of rotatable bonds is 6. The van der Waals surface area contributed by atoms with Crippen LogP contribution in [0.5, 0.6) is 0 Å². The third-order valence-corrected chi connectivity index (χ3v) is 5.76. The number of methoxy groups -OCH3 is 1. The number of ether oxygens (including phenoxy) is 1. The number of halogens is 2. The monoisotopic (exact) mass is 449 g/mol. The molecular formula is C21H29F2N7O2. The number of likely N-dealkylation sites (N-methyl/N-ethyl adjacent to an activating group) is 1. The molecule has 11 heteroatoms. The standard InChI is InChI=1S/C21H29F2N7O2/c1-26(8-9-32-3)12-15-10-16(22)19(17(23)11-15)28-4-6-29(7-5-28)20-24-18-13-27(2)14-30(18)21(31)25-20/h10-11,13H,4-9,12,14H2,1-3H3,(H,24,25,31). The lowest BCUT2D eigenvalue weighted by molar-refractivity contribution is 0.158. The van der Waals surface area contributed by atoms with E-state index in [1.165, 1.54) is 12.1 Å². The van der Waals surface area contributed by atoms with E-state index in [1.807, 2.05) is 35.0 Å². The van der Waals surface area contributed by atoms with Crippen LogP contribution in [0.4, 0.5) is 19.3 Å². The van der Waals surface area contributed by atoms with Crippen LogP contribution in [0.2, 0.25) is 0 Å². The fraction of sp³-hybridized carbons (Fsp3) is 0.524. The Morgan fingerprint density at radius 2 is 1.81 bits per heavy atom. The van der Waals surface area contributed by atoms with Crippen molar-refractivity contribution in [2.45, 2.75) is 6.54 Å². The van der Waals surface area contributed by atoms with Crippen LogP contribution in [-0.4, -0.2) is 98.8 Å². The molecule has 3 heterocycles. The van der Waals surface area contributed by atoms with E-state index in [4.69, 9.17) is 4.74 Å². The van der Waals surface area contributed by atoms with Gasteiger partial charge in [0, 0.05) is 59.6 Å². The SMILES string of the molecule is COCCN(C)Cc1cc(F)c(N2CCN(C3=NC4=CN(C)CN4C(=O)N3)CC2)c(F)c1. The molecule has 0 atom stereocenters. The normalized spacial score (nSPS) is 18.8. The second kappa shape index (κ2) is 9.29. The average molecular weight is 450 g/mol. The first-order valence-corrected chi connectivity index (χ1v) is 10.6. The maximum absolute atomic E-state index is 14.8. The lowest BCUT2D eigenvalue weighted by Gasteiger charge is -2.39. The molecule has 0 spiro atoms. The average Bonchev–Trinajstić information content (AvgIpc) is 3.13. The highest BCUT2D eigenvalue weighted by Crippen LogP contribution is 2.27. The van der Waals surface area contributed by atoms with Crippen molar-refractivity contribution < 1.29 is 18.3 Å². The van der Waals surface area contributed by atoms with Gasteiger partial charge in [-0.1, -0.05) is 0 Å². The molecule has 0 bridgehead atoms. The van der Waals surface area contributed by atoms with Crippen LogP contribution >= 0.6 is 0 Å². The highest BCUT2D eigenvalue weighted by molar-refractivity contribution is 5.99. The molecule has 0 unspecified atom stereocenters. The maximum atomic E-state index is 14.8. The quantitative estimate of drug-likeness (QED) is 0.705. The number of urea groups is 1. The van der Waals surface area contributed by atoms with E-state index in [2.05, 4.69) is 10.3 Å². The van der Waals surface area contributed by atoms with Gasteiger partial charge in [0.25, 0.3) is 0 Å². The van der Waals surface area contributed by atoms with Gasteiger partial charge in [-0.05, 0) is 24.7 Å².